The van der Waals surface area contributed by atoms with E-state index in [-0.39, 0.29) is 12.0 Å². The normalized spacial score (nSPS) is 17.8. The fourth-order valence-corrected chi connectivity index (χ4v) is 3.22. The lowest BCUT2D eigenvalue weighted by molar-refractivity contribution is -0.121. The molecule has 3 heteroatoms. The molecule has 1 aromatic rings. The van der Waals surface area contributed by atoms with Gasteiger partial charge in [0, 0.05) is 16.9 Å². The number of thioether (sulfide) groups is 1. The van der Waals surface area contributed by atoms with Crippen LogP contribution in [0.4, 0.5) is 0 Å². The molecule has 100 valence electrons. The maximum atomic E-state index is 9.34. The van der Waals surface area contributed by atoms with E-state index >= 15 is 0 Å². The van der Waals surface area contributed by atoms with Crippen LogP contribution in [0.3, 0.4) is 0 Å². The van der Waals surface area contributed by atoms with Gasteiger partial charge in [0.15, 0.2) is 0 Å². The van der Waals surface area contributed by atoms with Crippen molar-refractivity contribution in [1.82, 2.24) is 0 Å². The van der Waals surface area contributed by atoms with Gasteiger partial charge in [-0.2, -0.15) is 11.8 Å². The van der Waals surface area contributed by atoms with Crippen molar-refractivity contribution in [3.63, 3.8) is 0 Å². The summed E-state index contributed by atoms with van der Waals surface area (Å²) in [7, 11) is 0. The molecular formula is C15H22O2S. The van der Waals surface area contributed by atoms with Crippen molar-refractivity contribution < 1.29 is 9.84 Å². The van der Waals surface area contributed by atoms with E-state index in [1.54, 1.807) is 0 Å². The highest BCUT2D eigenvalue weighted by Crippen LogP contribution is 2.32. The van der Waals surface area contributed by atoms with Crippen LogP contribution in [-0.2, 0) is 10.5 Å². The highest BCUT2D eigenvalue weighted by atomic mass is 32.2. The minimum absolute atomic E-state index is 0.0303. The van der Waals surface area contributed by atoms with Crippen LogP contribution < -0.4 is 0 Å². The van der Waals surface area contributed by atoms with Crippen LogP contribution >= 0.6 is 11.8 Å². The molecule has 1 aromatic carbocycles. The summed E-state index contributed by atoms with van der Waals surface area (Å²) in [5.74, 6) is 2.59. The molecule has 1 aliphatic heterocycles. The topological polar surface area (TPSA) is 29.5 Å². The van der Waals surface area contributed by atoms with Crippen molar-refractivity contribution >= 4 is 11.8 Å². The first-order valence-electron chi connectivity index (χ1n) is 6.50. The second-order valence-electron chi connectivity index (χ2n) is 5.54. The first-order chi connectivity index (χ1) is 8.65. The smallest absolute Gasteiger partial charge is 0.0575 e. The average Bonchev–Trinajstić information content (AvgIpc) is 2.33. The predicted octanol–water partition coefficient (Wildman–Crippen LogP) is 3.05. The lowest BCUT2D eigenvalue weighted by atomic mass is 9.90. The monoisotopic (exact) mass is 266 g/mol. The fraction of sp³-hybridized carbons (Fsp3) is 0.600. The molecule has 0 saturated carbocycles. The minimum atomic E-state index is 0.0303. The molecule has 1 heterocycles. The Morgan fingerprint density at radius 1 is 1.28 bits per heavy atom. The van der Waals surface area contributed by atoms with Gasteiger partial charge in [0.05, 0.1) is 19.8 Å². The predicted molar refractivity (Wildman–Crippen MR) is 77.0 cm³/mol. The largest absolute Gasteiger partial charge is 0.396 e. The average molecular weight is 266 g/mol. The summed E-state index contributed by atoms with van der Waals surface area (Å²) in [5, 5.41) is 9.34. The van der Waals surface area contributed by atoms with E-state index in [9.17, 15) is 5.11 Å². The van der Waals surface area contributed by atoms with Gasteiger partial charge in [-0.05, 0) is 17.0 Å². The van der Waals surface area contributed by atoms with Gasteiger partial charge in [-0.15, -0.1) is 0 Å². The van der Waals surface area contributed by atoms with Crippen molar-refractivity contribution in [2.75, 3.05) is 25.6 Å². The minimum Gasteiger partial charge on any atom is -0.396 e. The molecule has 0 bridgehead atoms. The van der Waals surface area contributed by atoms with Crippen LogP contribution in [0.5, 0.6) is 0 Å². The number of rotatable bonds is 6. The third kappa shape index (κ3) is 3.28. The zero-order valence-corrected chi connectivity index (χ0v) is 12.0. The van der Waals surface area contributed by atoms with Crippen molar-refractivity contribution in [2.24, 2.45) is 5.41 Å². The number of ether oxygens (including phenoxy) is 1. The van der Waals surface area contributed by atoms with Crippen molar-refractivity contribution in [2.45, 2.75) is 25.5 Å². The van der Waals surface area contributed by atoms with Crippen molar-refractivity contribution in [1.29, 1.82) is 0 Å². The number of aliphatic hydroxyl groups excluding tert-OH is 1. The maximum absolute atomic E-state index is 9.34. The molecule has 0 aromatic heterocycles. The van der Waals surface area contributed by atoms with Gasteiger partial charge in [0.1, 0.15) is 0 Å². The van der Waals surface area contributed by atoms with E-state index in [2.05, 4.69) is 38.1 Å². The van der Waals surface area contributed by atoms with Gasteiger partial charge in [-0.25, -0.2) is 0 Å². The number of hydrogen-bond donors (Lipinski definition) is 1. The Hall–Kier alpha value is -0.510. The second-order valence-corrected chi connectivity index (χ2v) is 6.53. The standard InChI is InChI=1S/C15H22O2S/c1-12(2)14-5-3-13(4-6-14)7-18-11-15(8-16)9-17-10-15/h3-6,12,16H,7-11H2,1-2H3. The molecule has 0 atom stereocenters. The van der Waals surface area contributed by atoms with E-state index in [1.807, 2.05) is 11.8 Å². The van der Waals surface area contributed by atoms with Gasteiger partial charge in [-0.1, -0.05) is 38.1 Å². The molecule has 0 amide bonds. The molecule has 1 aliphatic rings. The van der Waals surface area contributed by atoms with Crippen LogP contribution in [0.1, 0.15) is 30.9 Å². The van der Waals surface area contributed by atoms with Crippen LogP contribution in [0.2, 0.25) is 0 Å². The Morgan fingerprint density at radius 2 is 1.94 bits per heavy atom. The van der Waals surface area contributed by atoms with Gasteiger partial charge in [-0.3, -0.25) is 0 Å². The maximum Gasteiger partial charge on any atom is 0.0575 e. The van der Waals surface area contributed by atoms with Crippen LogP contribution in [-0.4, -0.2) is 30.7 Å². The Kier molecular flexibility index (Phi) is 4.71. The molecule has 0 radical (unpaired) electrons. The van der Waals surface area contributed by atoms with E-state index in [4.69, 9.17) is 4.74 Å². The Bertz CT molecular complexity index is 363. The molecule has 1 saturated heterocycles. The molecule has 1 N–H and O–H groups in total. The summed E-state index contributed by atoms with van der Waals surface area (Å²) < 4.78 is 5.20. The number of aliphatic hydroxyl groups is 1. The summed E-state index contributed by atoms with van der Waals surface area (Å²) in [5.41, 5.74) is 2.78. The van der Waals surface area contributed by atoms with Crippen LogP contribution in [0.25, 0.3) is 0 Å². The summed E-state index contributed by atoms with van der Waals surface area (Å²) in [6.45, 7) is 6.09. The highest BCUT2D eigenvalue weighted by Gasteiger charge is 2.37. The summed E-state index contributed by atoms with van der Waals surface area (Å²) in [6, 6.07) is 8.86. The van der Waals surface area contributed by atoms with Crippen LogP contribution in [0.15, 0.2) is 24.3 Å². The summed E-state index contributed by atoms with van der Waals surface area (Å²) in [6.07, 6.45) is 0. The molecule has 0 aliphatic carbocycles. The molecular weight excluding hydrogens is 244 g/mol. The zero-order valence-electron chi connectivity index (χ0n) is 11.2. The fourth-order valence-electron chi connectivity index (χ4n) is 2.00. The van der Waals surface area contributed by atoms with E-state index in [1.165, 1.54) is 11.1 Å². The number of hydrogen-bond acceptors (Lipinski definition) is 3. The highest BCUT2D eigenvalue weighted by molar-refractivity contribution is 7.98. The van der Waals surface area contributed by atoms with E-state index in [0.717, 1.165) is 11.5 Å². The Labute approximate surface area is 114 Å². The first kappa shape index (κ1) is 13.9. The van der Waals surface area contributed by atoms with Gasteiger partial charge >= 0.3 is 0 Å². The Balaban J connectivity index is 1.79. The van der Waals surface area contributed by atoms with E-state index < -0.39 is 0 Å². The molecule has 0 unspecified atom stereocenters. The van der Waals surface area contributed by atoms with Crippen molar-refractivity contribution in [3.8, 4) is 0 Å². The molecule has 2 nitrogen and oxygen atoms in total. The molecule has 18 heavy (non-hydrogen) atoms. The Morgan fingerprint density at radius 3 is 2.39 bits per heavy atom. The third-order valence-corrected chi connectivity index (χ3v) is 4.83. The van der Waals surface area contributed by atoms with Crippen molar-refractivity contribution in [3.05, 3.63) is 35.4 Å². The summed E-state index contributed by atoms with van der Waals surface area (Å²) in [4.78, 5) is 0. The SMILES string of the molecule is CC(C)c1ccc(CSCC2(CO)COC2)cc1. The zero-order chi connectivity index (χ0) is 13.0. The summed E-state index contributed by atoms with van der Waals surface area (Å²) >= 11 is 1.89. The quantitative estimate of drug-likeness (QED) is 0.858. The van der Waals surface area contributed by atoms with E-state index in [0.29, 0.717) is 19.1 Å². The van der Waals surface area contributed by atoms with Gasteiger partial charge in [0.25, 0.3) is 0 Å². The third-order valence-electron chi connectivity index (χ3n) is 3.48. The number of benzene rings is 1. The molecule has 1 fully saturated rings. The molecule has 0 spiro atoms. The molecule has 2 rings (SSSR count). The lowest BCUT2D eigenvalue weighted by Gasteiger charge is -2.39. The second kappa shape index (κ2) is 6.09. The van der Waals surface area contributed by atoms with Crippen LogP contribution in [0, 0.1) is 5.41 Å². The lowest BCUT2D eigenvalue weighted by Crippen LogP contribution is -2.47. The van der Waals surface area contributed by atoms with Gasteiger partial charge in [0.2, 0.25) is 0 Å². The first-order valence-corrected chi connectivity index (χ1v) is 7.66. The van der Waals surface area contributed by atoms with Gasteiger partial charge < -0.3 is 9.84 Å².